The van der Waals surface area contributed by atoms with Gasteiger partial charge >= 0.3 is 0 Å². The fraction of sp³-hybridized carbons (Fsp3) is 0.280. The van der Waals surface area contributed by atoms with E-state index >= 15 is 0 Å². The molecule has 32 heavy (non-hydrogen) atoms. The molecule has 5 heterocycles. The van der Waals surface area contributed by atoms with E-state index in [2.05, 4.69) is 16.1 Å². The van der Waals surface area contributed by atoms with Crippen LogP contribution in [-0.2, 0) is 13.6 Å². The Morgan fingerprint density at radius 3 is 2.69 bits per heavy atom. The number of likely N-dealkylation sites (tertiary alicyclic amines) is 1. The summed E-state index contributed by atoms with van der Waals surface area (Å²) in [7, 11) is 1.85. The van der Waals surface area contributed by atoms with Gasteiger partial charge in [0.15, 0.2) is 0 Å². The van der Waals surface area contributed by atoms with Crippen LogP contribution >= 0.6 is 0 Å². The summed E-state index contributed by atoms with van der Waals surface area (Å²) in [5, 5.41) is 4.22. The molecule has 0 radical (unpaired) electrons. The maximum absolute atomic E-state index is 13.4. The highest BCUT2D eigenvalue weighted by atomic mass is 16.2. The summed E-state index contributed by atoms with van der Waals surface area (Å²) in [6.07, 6.45) is 4.34. The van der Waals surface area contributed by atoms with Crippen LogP contribution < -0.4 is 5.56 Å². The Balaban J connectivity index is 1.33. The zero-order valence-corrected chi connectivity index (χ0v) is 17.8. The highest BCUT2D eigenvalue weighted by Crippen LogP contribution is 2.37. The molecule has 4 aromatic rings. The van der Waals surface area contributed by atoms with Crippen LogP contribution in [0.3, 0.4) is 0 Å². The van der Waals surface area contributed by atoms with Crippen LogP contribution in [0.1, 0.15) is 28.4 Å². The van der Waals surface area contributed by atoms with Gasteiger partial charge in [-0.3, -0.25) is 19.3 Å². The number of carbonyl (C=O) groups is 1. The summed E-state index contributed by atoms with van der Waals surface area (Å²) in [6, 6.07) is 15.7. The van der Waals surface area contributed by atoms with Crippen molar-refractivity contribution in [1.29, 1.82) is 0 Å². The summed E-state index contributed by atoms with van der Waals surface area (Å²) in [5.74, 6) is 0.417. The smallest absolute Gasteiger partial charge is 0.255 e. The van der Waals surface area contributed by atoms with Gasteiger partial charge in [-0.2, -0.15) is 5.10 Å². The molecule has 1 aromatic carbocycles. The van der Waals surface area contributed by atoms with Gasteiger partial charge in [-0.05, 0) is 35.6 Å². The Hall–Kier alpha value is -3.74. The Kier molecular flexibility index (Phi) is 4.24. The molecule has 1 fully saturated rings. The first-order valence-electron chi connectivity index (χ1n) is 10.9. The number of rotatable bonds is 2. The quantitative estimate of drug-likeness (QED) is 0.495. The van der Waals surface area contributed by atoms with Gasteiger partial charge in [0, 0.05) is 50.6 Å². The van der Waals surface area contributed by atoms with Crippen LogP contribution in [0.25, 0.3) is 22.2 Å². The number of benzene rings is 1. The molecule has 3 aromatic heterocycles. The Labute approximate surface area is 184 Å². The standard InChI is InChI=1S/C25H23N5O2/c1-28-23-9-19(11-26-21(23)12-27-28)25(32)29-13-16-7-20(15-29)22-8-18(10-24(31)30(22)14-16)17-5-3-2-4-6-17/h2-6,8-12,16,20H,7,13-15H2,1H3/t16-,20+/m0/s1. The van der Waals surface area contributed by atoms with E-state index in [4.69, 9.17) is 0 Å². The summed E-state index contributed by atoms with van der Waals surface area (Å²) in [4.78, 5) is 32.6. The number of carbonyl (C=O) groups excluding carboxylic acids is 1. The lowest BCUT2D eigenvalue weighted by molar-refractivity contribution is 0.0594. The first kappa shape index (κ1) is 19.0. The Morgan fingerprint density at radius 1 is 1.00 bits per heavy atom. The van der Waals surface area contributed by atoms with Crippen molar-refractivity contribution in [2.75, 3.05) is 13.1 Å². The van der Waals surface area contributed by atoms with Gasteiger partial charge in [-0.1, -0.05) is 30.3 Å². The van der Waals surface area contributed by atoms with Crippen molar-refractivity contribution < 1.29 is 4.79 Å². The third-order valence-corrected chi connectivity index (χ3v) is 6.80. The van der Waals surface area contributed by atoms with Crippen molar-refractivity contribution >= 4 is 16.9 Å². The molecule has 6 rings (SSSR count). The van der Waals surface area contributed by atoms with Gasteiger partial charge in [0.25, 0.3) is 11.5 Å². The van der Waals surface area contributed by atoms with E-state index in [0.29, 0.717) is 25.2 Å². The number of fused-ring (bicyclic) bond motifs is 5. The minimum absolute atomic E-state index is 0.00897. The minimum atomic E-state index is -0.00897. The zero-order chi connectivity index (χ0) is 21.8. The molecule has 0 aliphatic carbocycles. The molecule has 2 aliphatic rings. The second kappa shape index (κ2) is 7.15. The summed E-state index contributed by atoms with van der Waals surface area (Å²) in [5.41, 5.74) is 5.26. The largest absolute Gasteiger partial charge is 0.338 e. The third-order valence-electron chi connectivity index (χ3n) is 6.80. The lowest BCUT2D eigenvalue weighted by Crippen LogP contribution is -2.49. The normalized spacial score (nSPS) is 19.7. The van der Waals surface area contributed by atoms with Crippen LogP contribution in [0.2, 0.25) is 0 Å². The number of hydrogen-bond acceptors (Lipinski definition) is 4. The zero-order valence-electron chi connectivity index (χ0n) is 17.8. The molecule has 1 saturated heterocycles. The van der Waals surface area contributed by atoms with Crippen molar-refractivity contribution in [2.45, 2.75) is 18.9 Å². The van der Waals surface area contributed by atoms with Gasteiger partial charge in [0.2, 0.25) is 0 Å². The number of amides is 1. The van der Waals surface area contributed by atoms with Gasteiger partial charge in [0.05, 0.1) is 17.3 Å². The van der Waals surface area contributed by atoms with Crippen LogP contribution in [0.5, 0.6) is 0 Å². The average Bonchev–Trinajstić information content (AvgIpc) is 3.19. The second-order valence-electron chi connectivity index (χ2n) is 8.89. The molecule has 0 N–H and O–H groups in total. The average molecular weight is 425 g/mol. The lowest BCUT2D eigenvalue weighted by atomic mass is 9.82. The van der Waals surface area contributed by atoms with Gasteiger partial charge in [-0.25, -0.2) is 0 Å². The summed E-state index contributed by atoms with van der Waals surface area (Å²) < 4.78 is 3.65. The van der Waals surface area contributed by atoms with Gasteiger partial charge < -0.3 is 9.47 Å². The van der Waals surface area contributed by atoms with E-state index < -0.39 is 0 Å². The number of nitrogens with zero attached hydrogens (tertiary/aromatic N) is 5. The second-order valence-corrected chi connectivity index (χ2v) is 8.89. The van der Waals surface area contributed by atoms with Crippen molar-refractivity contribution in [1.82, 2.24) is 24.2 Å². The lowest BCUT2D eigenvalue weighted by Gasteiger charge is -2.43. The predicted octanol–water partition coefficient (Wildman–Crippen LogP) is 3.06. The van der Waals surface area contributed by atoms with E-state index in [0.717, 1.165) is 34.3 Å². The molecule has 7 nitrogen and oxygen atoms in total. The molecule has 160 valence electrons. The highest BCUT2D eigenvalue weighted by Gasteiger charge is 2.37. The Bertz CT molecular complexity index is 1410. The molecule has 2 aliphatic heterocycles. The van der Waals surface area contributed by atoms with Crippen LogP contribution in [0.15, 0.2) is 65.7 Å². The molecule has 2 bridgehead atoms. The summed E-state index contributed by atoms with van der Waals surface area (Å²) in [6.45, 7) is 1.92. The first-order valence-corrected chi connectivity index (χ1v) is 10.9. The fourth-order valence-electron chi connectivity index (χ4n) is 5.25. The summed E-state index contributed by atoms with van der Waals surface area (Å²) >= 11 is 0. The first-order chi connectivity index (χ1) is 15.6. The molecule has 2 atom stereocenters. The van der Waals surface area contributed by atoms with Crippen molar-refractivity contribution in [2.24, 2.45) is 13.0 Å². The van der Waals surface area contributed by atoms with Crippen LogP contribution in [-0.4, -0.2) is 43.2 Å². The molecular weight excluding hydrogens is 402 g/mol. The van der Waals surface area contributed by atoms with Crippen molar-refractivity contribution in [3.63, 3.8) is 0 Å². The molecule has 0 spiro atoms. The van der Waals surface area contributed by atoms with E-state index in [9.17, 15) is 9.59 Å². The van der Waals surface area contributed by atoms with Crippen molar-refractivity contribution in [3.05, 3.63) is 82.5 Å². The third kappa shape index (κ3) is 3.04. The van der Waals surface area contributed by atoms with Crippen molar-refractivity contribution in [3.8, 4) is 11.1 Å². The maximum Gasteiger partial charge on any atom is 0.255 e. The van der Waals surface area contributed by atoms with E-state index in [1.807, 2.05) is 52.9 Å². The number of hydrogen-bond donors (Lipinski definition) is 0. The SMILES string of the molecule is Cn1ncc2ncc(C(=O)N3C[C@@H]4C[C@H](C3)c3cc(-c5ccccc5)cc(=O)n3C4)cc21. The number of aryl methyl sites for hydroxylation is 1. The van der Waals surface area contributed by atoms with Gasteiger partial charge in [0.1, 0.15) is 5.52 Å². The fourth-order valence-corrected chi connectivity index (χ4v) is 5.25. The van der Waals surface area contributed by atoms with Gasteiger partial charge in [-0.15, -0.1) is 0 Å². The predicted molar refractivity (Wildman–Crippen MR) is 121 cm³/mol. The van der Waals surface area contributed by atoms with E-state index in [1.54, 1.807) is 23.1 Å². The van der Waals surface area contributed by atoms with E-state index in [1.165, 1.54) is 0 Å². The molecule has 0 unspecified atom stereocenters. The maximum atomic E-state index is 13.4. The van der Waals surface area contributed by atoms with E-state index in [-0.39, 0.29) is 23.3 Å². The molecule has 0 saturated carbocycles. The number of piperidine rings is 1. The minimum Gasteiger partial charge on any atom is -0.338 e. The Morgan fingerprint density at radius 2 is 1.84 bits per heavy atom. The monoisotopic (exact) mass is 425 g/mol. The number of aromatic nitrogens is 4. The number of pyridine rings is 2. The van der Waals surface area contributed by atoms with Crippen LogP contribution in [0.4, 0.5) is 0 Å². The highest BCUT2D eigenvalue weighted by molar-refractivity contribution is 5.96. The molecular formula is C25H23N5O2. The molecule has 7 heteroatoms. The molecule has 1 amide bonds. The topological polar surface area (TPSA) is 73.0 Å². The van der Waals surface area contributed by atoms with Crippen LogP contribution in [0, 0.1) is 5.92 Å².